The smallest absolute Gasteiger partial charge is 0.322 e. The third-order valence-electron chi connectivity index (χ3n) is 3.62. The summed E-state index contributed by atoms with van der Waals surface area (Å²) in [4.78, 5) is 24.3. The molecule has 2 rings (SSSR count). The van der Waals surface area contributed by atoms with Crippen LogP contribution in [0.25, 0.3) is 0 Å². The zero-order valence-corrected chi connectivity index (χ0v) is 12.6. The summed E-state index contributed by atoms with van der Waals surface area (Å²) in [5.41, 5.74) is 3.42. The molecule has 1 atom stereocenters. The van der Waals surface area contributed by atoms with Crippen LogP contribution in [0.2, 0.25) is 0 Å². The molecule has 10 heteroatoms. The Balaban J connectivity index is 2.48. The first-order valence-corrected chi connectivity index (χ1v) is 6.65. The minimum absolute atomic E-state index is 0.0520. The van der Waals surface area contributed by atoms with E-state index in [0.29, 0.717) is 0 Å². The van der Waals surface area contributed by atoms with Gasteiger partial charge in [0, 0.05) is 18.9 Å². The maximum Gasteiger partial charge on any atom is 0.322 e. The largest absolute Gasteiger partial charge is 0.495 e. The SMILES string of the molecule is COC(=O)C1(Cc2nnc(N)cc2OC)CC(F)(F)CNC1=O. The first-order valence-electron chi connectivity index (χ1n) is 6.65. The maximum absolute atomic E-state index is 13.8. The van der Waals surface area contributed by atoms with Crippen LogP contribution in [0.4, 0.5) is 14.6 Å². The molecule has 1 amide bonds. The topological polar surface area (TPSA) is 116 Å². The lowest BCUT2D eigenvalue weighted by Crippen LogP contribution is -2.59. The number of alkyl halides is 2. The molecule has 1 saturated heterocycles. The van der Waals surface area contributed by atoms with Gasteiger partial charge in [-0.1, -0.05) is 0 Å². The number of nitrogen functional groups attached to an aromatic ring is 1. The number of piperidine rings is 1. The lowest BCUT2D eigenvalue weighted by molar-refractivity contribution is -0.172. The molecule has 2 heterocycles. The number of nitrogens with zero attached hydrogens (tertiary/aromatic N) is 2. The van der Waals surface area contributed by atoms with E-state index in [1.165, 1.54) is 13.2 Å². The fourth-order valence-electron chi connectivity index (χ4n) is 2.54. The number of nitrogens with two attached hydrogens (primary N) is 1. The van der Waals surface area contributed by atoms with Crippen LogP contribution in [0.3, 0.4) is 0 Å². The highest BCUT2D eigenvalue weighted by atomic mass is 19.3. The molecule has 1 aliphatic rings. The maximum atomic E-state index is 13.8. The molecule has 0 aromatic carbocycles. The van der Waals surface area contributed by atoms with Crippen molar-refractivity contribution in [2.75, 3.05) is 26.5 Å². The van der Waals surface area contributed by atoms with Gasteiger partial charge in [-0.15, -0.1) is 10.2 Å². The number of hydrogen-bond donors (Lipinski definition) is 2. The summed E-state index contributed by atoms with van der Waals surface area (Å²) >= 11 is 0. The normalized spacial score (nSPS) is 23.0. The number of carbonyl (C=O) groups is 2. The van der Waals surface area contributed by atoms with E-state index >= 15 is 0 Å². The first kappa shape index (κ1) is 16.8. The van der Waals surface area contributed by atoms with Gasteiger partial charge in [-0.2, -0.15) is 0 Å². The Bertz CT molecular complexity index is 630. The molecule has 0 bridgehead atoms. The summed E-state index contributed by atoms with van der Waals surface area (Å²) in [5.74, 6) is -4.99. The van der Waals surface area contributed by atoms with E-state index in [-0.39, 0.29) is 17.3 Å². The van der Waals surface area contributed by atoms with Crippen molar-refractivity contribution in [2.24, 2.45) is 5.41 Å². The van der Waals surface area contributed by atoms with Crippen LogP contribution in [0.5, 0.6) is 5.75 Å². The van der Waals surface area contributed by atoms with E-state index < -0.39 is 42.6 Å². The van der Waals surface area contributed by atoms with E-state index in [1.807, 2.05) is 5.32 Å². The lowest BCUT2D eigenvalue weighted by Gasteiger charge is -2.37. The Morgan fingerprint density at radius 3 is 2.74 bits per heavy atom. The molecule has 1 fully saturated rings. The number of anilines is 1. The molecular formula is C13H16F2N4O4. The van der Waals surface area contributed by atoms with E-state index in [1.54, 1.807) is 0 Å². The minimum atomic E-state index is -3.25. The first-order chi connectivity index (χ1) is 10.7. The Kier molecular flexibility index (Phi) is 4.35. The van der Waals surface area contributed by atoms with E-state index in [0.717, 1.165) is 7.11 Å². The van der Waals surface area contributed by atoms with Crippen LogP contribution < -0.4 is 15.8 Å². The van der Waals surface area contributed by atoms with Crippen molar-refractivity contribution in [3.63, 3.8) is 0 Å². The molecule has 23 heavy (non-hydrogen) atoms. The predicted molar refractivity (Wildman–Crippen MR) is 73.7 cm³/mol. The minimum Gasteiger partial charge on any atom is -0.495 e. The molecule has 0 saturated carbocycles. The van der Waals surface area contributed by atoms with Gasteiger partial charge in [0.05, 0.1) is 20.8 Å². The number of hydrogen-bond acceptors (Lipinski definition) is 7. The van der Waals surface area contributed by atoms with E-state index in [4.69, 9.17) is 10.5 Å². The van der Waals surface area contributed by atoms with Crippen LogP contribution in [-0.4, -0.2) is 48.8 Å². The molecule has 3 N–H and O–H groups in total. The summed E-state index contributed by atoms with van der Waals surface area (Å²) in [5, 5.41) is 9.41. The van der Waals surface area contributed by atoms with Crippen molar-refractivity contribution in [1.82, 2.24) is 15.5 Å². The standard InChI is InChI=1S/C13H16F2N4O4/c1-22-8-3-9(16)19-18-7(8)4-12(11(21)23-2)5-13(14,15)6-17-10(12)20/h3H,4-6H2,1-2H3,(H2,16,19)(H,17,20). The van der Waals surface area contributed by atoms with Gasteiger partial charge in [-0.05, 0) is 0 Å². The monoisotopic (exact) mass is 330 g/mol. The molecule has 1 aromatic rings. The third kappa shape index (κ3) is 3.15. The van der Waals surface area contributed by atoms with Crippen LogP contribution in [-0.2, 0) is 20.7 Å². The molecule has 8 nitrogen and oxygen atoms in total. The van der Waals surface area contributed by atoms with Crippen LogP contribution in [0.15, 0.2) is 6.07 Å². The summed E-state index contributed by atoms with van der Waals surface area (Å²) in [7, 11) is 2.34. The molecule has 0 aliphatic carbocycles. The quantitative estimate of drug-likeness (QED) is 0.586. The van der Waals surface area contributed by atoms with Gasteiger partial charge in [0.25, 0.3) is 5.92 Å². The van der Waals surface area contributed by atoms with Crippen molar-refractivity contribution in [3.05, 3.63) is 11.8 Å². The van der Waals surface area contributed by atoms with Crippen molar-refractivity contribution >= 4 is 17.7 Å². The average molecular weight is 330 g/mol. The van der Waals surface area contributed by atoms with Crippen molar-refractivity contribution < 1.29 is 27.8 Å². The average Bonchev–Trinajstić information content (AvgIpc) is 2.51. The lowest BCUT2D eigenvalue weighted by atomic mass is 9.74. The van der Waals surface area contributed by atoms with Gasteiger partial charge in [0.15, 0.2) is 5.41 Å². The molecule has 0 spiro atoms. The van der Waals surface area contributed by atoms with E-state index in [9.17, 15) is 18.4 Å². The van der Waals surface area contributed by atoms with E-state index in [2.05, 4.69) is 14.9 Å². The van der Waals surface area contributed by atoms with Gasteiger partial charge < -0.3 is 20.5 Å². The molecule has 126 valence electrons. The van der Waals surface area contributed by atoms with Crippen LogP contribution >= 0.6 is 0 Å². The number of rotatable bonds is 4. The Morgan fingerprint density at radius 2 is 2.13 bits per heavy atom. The highest BCUT2D eigenvalue weighted by Crippen LogP contribution is 2.40. The number of methoxy groups -OCH3 is 2. The molecular weight excluding hydrogens is 314 g/mol. The summed E-state index contributed by atoms with van der Waals surface area (Å²) in [6.07, 6.45) is -1.44. The van der Waals surface area contributed by atoms with Gasteiger partial charge in [0.2, 0.25) is 5.91 Å². The molecule has 1 aromatic heterocycles. The van der Waals surface area contributed by atoms with Gasteiger partial charge in [-0.3, -0.25) is 9.59 Å². The third-order valence-corrected chi connectivity index (χ3v) is 3.62. The summed E-state index contributed by atoms with van der Waals surface area (Å²) < 4.78 is 37.3. The summed E-state index contributed by atoms with van der Waals surface area (Å²) in [6.45, 7) is -0.838. The van der Waals surface area contributed by atoms with Crippen molar-refractivity contribution in [2.45, 2.75) is 18.8 Å². The highest BCUT2D eigenvalue weighted by molar-refractivity contribution is 6.03. The number of nitrogens with one attached hydrogen (secondary N) is 1. The zero-order chi connectivity index (χ0) is 17.3. The van der Waals surface area contributed by atoms with Crippen molar-refractivity contribution in [3.8, 4) is 5.75 Å². The fourth-order valence-corrected chi connectivity index (χ4v) is 2.54. The van der Waals surface area contributed by atoms with Crippen molar-refractivity contribution in [1.29, 1.82) is 0 Å². The zero-order valence-electron chi connectivity index (χ0n) is 12.6. The highest BCUT2D eigenvalue weighted by Gasteiger charge is 2.57. The number of esters is 1. The molecule has 1 unspecified atom stereocenters. The number of halogens is 2. The van der Waals surface area contributed by atoms with Gasteiger partial charge in [0.1, 0.15) is 17.3 Å². The second-order valence-electron chi connectivity index (χ2n) is 5.25. The molecule has 0 radical (unpaired) electrons. The molecule has 1 aliphatic heterocycles. The Morgan fingerprint density at radius 1 is 1.43 bits per heavy atom. The van der Waals surface area contributed by atoms with Gasteiger partial charge in [-0.25, -0.2) is 8.78 Å². The van der Waals surface area contributed by atoms with Crippen LogP contribution in [0, 0.1) is 5.41 Å². The number of amides is 1. The Labute approximate surface area is 130 Å². The fraction of sp³-hybridized carbons (Fsp3) is 0.538. The predicted octanol–water partition coefficient (Wildman–Crippen LogP) is -0.0755. The van der Waals surface area contributed by atoms with Crippen LogP contribution in [0.1, 0.15) is 12.1 Å². The number of ether oxygens (including phenoxy) is 2. The number of aromatic nitrogens is 2. The Hall–Kier alpha value is -2.52. The van der Waals surface area contributed by atoms with Gasteiger partial charge >= 0.3 is 5.97 Å². The summed E-state index contributed by atoms with van der Waals surface area (Å²) in [6, 6.07) is 1.33. The number of carbonyl (C=O) groups excluding carboxylic acids is 2. The second kappa shape index (κ2) is 5.94. The second-order valence-corrected chi connectivity index (χ2v) is 5.25.